The molecule has 7 nitrogen and oxygen atoms in total. The van der Waals surface area contributed by atoms with Crippen LogP contribution in [0.5, 0.6) is 0 Å². The van der Waals surface area contributed by atoms with Gasteiger partial charge in [0.2, 0.25) is 0 Å². The minimum atomic E-state index is -0.442. The van der Waals surface area contributed by atoms with Gasteiger partial charge in [-0.3, -0.25) is 14.9 Å². The van der Waals surface area contributed by atoms with E-state index >= 15 is 0 Å². The molecule has 126 valence electrons. The molecule has 3 rings (SSSR count). The predicted octanol–water partition coefficient (Wildman–Crippen LogP) is 2.67. The van der Waals surface area contributed by atoms with E-state index in [4.69, 9.17) is 5.73 Å². The van der Waals surface area contributed by atoms with Crippen LogP contribution in [0, 0.1) is 10.1 Å². The normalized spacial score (nSPS) is 17.7. The summed E-state index contributed by atoms with van der Waals surface area (Å²) in [6, 6.07) is 6.34. The highest BCUT2D eigenvalue weighted by Crippen LogP contribution is 2.28. The molecular formula is C16H18N4O3S. The first-order valence-electron chi connectivity index (χ1n) is 7.81. The molecule has 0 spiro atoms. The Morgan fingerprint density at radius 1 is 1.46 bits per heavy atom. The van der Waals surface area contributed by atoms with Crippen molar-refractivity contribution in [1.29, 1.82) is 0 Å². The molecule has 1 aromatic carbocycles. The highest BCUT2D eigenvalue weighted by molar-refractivity contribution is 7.13. The zero-order chi connectivity index (χ0) is 17.1. The van der Waals surface area contributed by atoms with Crippen molar-refractivity contribution in [3.05, 3.63) is 45.5 Å². The van der Waals surface area contributed by atoms with Crippen LogP contribution >= 0.6 is 11.3 Å². The molecule has 0 radical (unpaired) electrons. The van der Waals surface area contributed by atoms with Gasteiger partial charge in [-0.15, -0.1) is 11.3 Å². The number of non-ortho nitro benzene ring substituents is 1. The van der Waals surface area contributed by atoms with Crippen LogP contribution in [0.1, 0.15) is 29.8 Å². The second-order valence-corrected chi connectivity index (χ2v) is 6.59. The third kappa shape index (κ3) is 3.29. The van der Waals surface area contributed by atoms with Gasteiger partial charge in [0.05, 0.1) is 4.92 Å². The summed E-state index contributed by atoms with van der Waals surface area (Å²) in [5, 5.41) is 13.2. The molecule has 1 aliphatic heterocycles. The van der Waals surface area contributed by atoms with Gasteiger partial charge in [0.1, 0.15) is 10.7 Å². The average molecular weight is 346 g/mol. The minimum Gasteiger partial charge on any atom is -0.333 e. The van der Waals surface area contributed by atoms with Crippen molar-refractivity contribution >= 4 is 22.9 Å². The molecule has 2 heterocycles. The van der Waals surface area contributed by atoms with Gasteiger partial charge < -0.3 is 10.6 Å². The monoisotopic (exact) mass is 346 g/mol. The summed E-state index contributed by atoms with van der Waals surface area (Å²) >= 11 is 1.31. The van der Waals surface area contributed by atoms with Gasteiger partial charge >= 0.3 is 0 Å². The van der Waals surface area contributed by atoms with E-state index in [-0.39, 0.29) is 17.6 Å². The van der Waals surface area contributed by atoms with E-state index in [1.807, 2.05) is 0 Å². The number of hydrogen-bond acceptors (Lipinski definition) is 6. The van der Waals surface area contributed by atoms with Crippen molar-refractivity contribution in [3.63, 3.8) is 0 Å². The van der Waals surface area contributed by atoms with Gasteiger partial charge in [0.25, 0.3) is 11.6 Å². The number of nitro benzene ring substituents is 1. The second-order valence-electron chi connectivity index (χ2n) is 5.73. The number of carbonyl (C=O) groups excluding carboxylic acids is 1. The third-order valence-electron chi connectivity index (χ3n) is 4.19. The Morgan fingerprint density at radius 2 is 2.29 bits per heavy atom. The summed E-state index contributed by atoms with van der Waals surface area (Å²) in [5.74, 6) is -0.113. The van der Waals surface area contributed by atoms with Crippen molar-refractivity contribution in [2.75, 3.05) is 13.1 Å². The van der Waals surface area contributed by atoms with Crippen LogP contribution in [-0.4, -0.2) is 39.8 Å². The molecule has 8 heteroatoms. The largest absolute Gasteiger partial charge is 0.333 e. The van der Waals surface area contributed by atoms with E-state index in [0.29, 0.717) is 29.4 Å². The Morgan fingerprint density at radius 3 is 3.04 bits per heavy atom. The summed E-state index contributed by atoms with van der Waals surface area (Å²) in [6.45, 7) is 1.15. The van der Waals surface area contributed by atoms with Crippen LogP contribution in [0.2, 0.25) is 0 Å². The van der Waals surface area contributed by atoms with E-state index in [9.17, 15) is 14.9 Å². The number of rotatable bonds is 4. The summed E-state index contributed by atoms with van der Waals surface area (Å²) in [6.07, 6.45) is 2.98. The van der Waals surface area contributed by atoms with Crippen molar-refractivity contribution in [2.45, 2.75) is 25.3 Å². The topological polar surface area (TPSA) is 102 Å². The third-order valence-corrected chi connectivity index (χ3v) is 5.08. The first-order valence-corrected chi connectivity index (χ1v) is 8.69. The number of carbonyl (C=O) groups is 1. The Hall–Kier alpha value is -2.32. The highest BCUT2D eigenvalue weighted by atomic mass is 32.1. The average Bonchev–Trinajstić information content (AvgIpc) is 3.11. The zero-order valence-electron chi connectivity index (χ0n) is 13.1. The molecule has 1 aromatic heterocycles. The van der Waals surface area contributed by atoms with Gasteiger partial charge in [-0.1, -0.05) is 12.1 Å². The van der Waals surface area contributed by atoms with E-state index in [2.05, 4.69) is 4.98 Å². The number of aromatic nitrogens is 1. The molecule has 24 heavy (non-hydrogen) atoms. The maximum absolute atomic E-state index is 12.7. The molecule has 2 aromatic rings. The lowest BCUT2D eigenvalue weighted by molar-refractivity contribution is -0.384. The molecular weight excluding hydrogens is 328 g/mol. The van der Waals surface area contributed by atoms with Crippen LogP contribution in [0.3, 0.4) is 0 Å². The molecule has 1 fully saturated rings. The van der Waals surface area contributed by atoms with Gasteiger partial charge in [-0.05, 0) is 19.3 Å². The van der Waals surface area contributed by atoms with Crippen LogP contribution in [0.15, 0.2) is 29.6 Å². The molecule has 1 amide bonds. The Labute approximate surface area is 143 Å². The number of nitro groups is 1. The number of likely N-dealkylation sites (tertiary alicyclic amines) is 1. The van der Waals surface area contributed by atoms with Crippen LogP contribution in [0.25, 0.3) is 10.6 Å². The molecule has 2 N–H and O–H groups in total. The van der Waals surface area contributed by atoms with Crippen LogP contribution in [0.4, 0.5) is 5.69 Å². The van der Waals surface area contributed by atoms with Crippen LogP contribution in [-0.2, 0) is 0 Å². The number of nitrogens with zero attached hydrogens (tertiary/aromatic N) is 3. The number of nitrogens with two attached hydrogens (primary N) is 1. The molecule has 1 unspecified atom stereocenters. The molecule has 0 aliphatic carbocycles. The van der Waals surface area contributed by atoms with E-state index in [1.165, 1.54) is 23.5 Å². The number of thiazole rings is 1. The van der Waals surface area contributed by atoms with E-state index in [0.717, 1.165) is 19.3 Å². The fourth-order valence-electron chi connectivity index (χ4n) is 2.92. The maximum Gasteiger partial charge on any atom is 0.273 e. The number of amides is 1. The lowest BCUT2D eigenvalue weighted by atomic mass is 10.0. The quantitative estimate of drug-likeness (QED) is 0.677. The molecule has 1 saturated heterocycles. The molecule has 1 atom stereocenters. The van der Waals surface area contributed by atoms with Gasteiger partial charge in [-0.2, -0.15) is 0 Å². The SMILES string of the molecule is NCC1CCCCN1C(=O)c1csc(-c2cccc([N+](=O)[O-])c2)n1. The van der Waals surface area contributed by atoms with Gasteiger partial charge in [0.15, 0.2) is 0 Å². The standard InChI is InChI=1S/C16H18N4O3S/c17-9-13-5-1-2-7-19(13)16(21)14-10-24-15(18-14)11-4-3-6-12(8-11)20(22)23/h3-4,6,8,10,13H,1-2,5,7,9,17H2. The second kappa shape index (κ2) is 7.06. The minimum absolute atomic E-state index is 0.00908. The van der Waals surface area contributed by atoms with Crippen molar-refractivity contribution < 1.29 is 9.72 Å². The summed E-state index contributed by atoms with van der Waals surface area (Å²) in [5.41, 5.74) is 6.80. The Kier molecular flexibility index (Phi) is 4.86. The number of hydrogen-bond donors (Lipinski definition) is 1. The lowest BCUT2D eigenvalue weighted by Crippen LogP contribution is -2.47. The van der Waals surface area contributed by atoms with Crippen molar-refractivity contribution in [3.8, 4) is 10.6 Å². The summed E-state index contributed by atoms with van der Waals surface area (Å²) < 4.78 is 0. The Bertz CT molecular complexity index is 761. The first kappa shape index (κ1) is 16.5. The summed E-state index contributed by atoms with van der Waals surface area (Å²) in [7, 11) is 0. The Balaban J connectivity index is 1.83. The van der Waals surface area contributed by atoms with Crippen molar-refractivity contribution in [2.24, 2.45) is 5.73 Å². The first-order chi connectivity index (χ1) is 11.6. The molecule has 0 bridgehead atoms. The van der Waals surface area contributed by atoms with Crippen LogP contribution < -0.4 is 5.73 Å². The maximum atomic E-state index is 12.7. The number of benzene rings is 1. The summed E-state index contributed by atoms with van der Waals surface area (Å²) in [4.78, 5) is 29.3. The van der Waals surface area contributed by atoms with E-state index in [1.54, 1.807) is 22.4 Å². The fraction of sp³-hybridized carbons (Fsp3) is 0.375. The van der Waals surface area contributed by atoms with E-state index < -0.39 is 4.92 Å². The fourth-order valence-corrected chi connectivity index (χ4v) is 3.71. The molecule has 1 aliphatic rings. The van der Waals surface area contributed by atoms with Crippen molar-refractivity contribution in [1.82, 2.24) is 9.88 Å². The highest BCUT2D eigenvalue weighted by Gasteiger charge is 2.28. The molecule has 0 saturated carbocycles. The smallest absolute Gasteiger partial charge is 0.273 e. The number of piperidine rings is 1. The predicted molar refractivity (Wildman–Crippen MR) is 91.9 cm³/mol. The zero-order valence-corrected chi connectivity index (χ0v) is 13.9. The lowest BCUT2D eigenvalue weighted by Gasteiger charge is -2.34. The van der Waals surface area contributed by atoms with Gasteiger partial charge in [0, 0.05) is 42.2 Å². The van der Waals surface area contributed by atoms with Gasteiger partial charge in [-0.25, -0.2) is 4.98 Å².